The van der Waals surface area contributed by atoms with Crippen molar-refractivity contribution in [2.45, 2.75) is 45.2 Å². The molecule has 6 heteroatoms. The number of hydrogen-bond acceptors (Lipinski definition) is 4. The van der Waals surface area contributed by atoms with E-state index in [0.29, 0.717) is 23.8 Å². The smallest absolute Gasteiger partial charge is 0.255 e. The molecule has 0 spiro atoms. The number of pyridine rings is 1. The Morgan fingerprint density at radius 2 is 2.00 bits per heavy atom. The average molecular weight is 398 g/mol. The van der Waals surface area contributed by atoms with Crippen LogP contribution in [0.1, 0.15) is 41.8 Å². The van der Waals surface area contributed by atoms with Crippen molar-refractivity contribution in [1.29, 1.82) is 0 Å². The van der Waals surface area contributed by atoms with Crippen LogP contribution in [-0.4, -0.2) is 38.9 Å². The van der Waals surface area contributed by atoms with Gasteiger partial charge in [-0.05, 0) is 49.1 Å². The van der Waals surface area contributed by atoms with Gasteiger partial charge in [0.15, 0.2) is 0 Å². The molecule has 2 aromatic rings. The van der Waals surface area contributed by atoms with Crippen LogP contribution in [0.4, 0.5) is 0 Å². The lowest BCUT2D eigenvalue weighted by Gasteiger charge is -2.30. The molecule has 0 aliphatic carbocycles. The fourth-order valence-electron chi connectivity index (χ4n) is 3.36. The molecular weight excluding hydrogens is 370 g/mol. The van der Waals surface area contributed by atoms with Gasteiger partial charge in [-0.25, -0.2) is 0 Å². The highest BCUT2D eigenvalue weighted by atomic mass is 32.2. The first-order valence-corrected chi connectivity index (χ1v) is 10.7. The van der Waals surface area contributed by atoms with Crippen molar-refractivity contribution in [2.75, 3.05) is 5.75 Å². The Kier molecular flexibility index (Phi) is 6.73. The van der Waals surface area contributed by atoms with E-state index in [4.69, 9.17) is 0 Å². The SMILES string of the molecule is Cc1cccc(C(=O)N2C(CC(C)C)SCC2C(=O)NCc2ccncc2)c1. The predicted octanol–water partition coefficient (Wildman–Crippen LogP) is 3.64. The summed E-state index contributed by atoms with van der Waals surface area (Å²) in [6, 6.07) is 10.9. The summed E-state index contributed by atoms with van der Waals surface area (Å²) < 4.78 is 0. The first-order valence-electron chi connectivity index (χ1n) is 9.63. The van der Waals surface area contributed by atoms with Crippen molar-refractivity contribution in [1.82, 2.24) is 15.2 Å². The second kappa shape index (κ2) is 9.24. The largest absolute Gasteiger partial charge is 0.350 e. The summed E-state index contributed by atoms with van der Waals surface area (Å²) in [5.41, 5.74) is 2.67. The molecule has 1 saturated heterocycles. The second-order valence-electron chi connectivity index (χ2n) is 7.59. The van der Waals surface area contributed by atoms with Gasteiger partial charge in [0, 0.05) is 30.3 Å². The fourth-order valence-corrected chi connectivity index (χ4v) is 5.00. The number of nitrogens with zero attached hydrogens (tertiary/aromatic N) is 2. The van der Waals surface area contributed by atoms with Crippen molar-refractivity contribution < 1.29 is 9.59 Å². The Morgan fingerprint density at radius 1 is 1.25 bits per heavy atom. The summed E-state index contributed by atoms with van der Waals surface area (Å²) in [5.74, 6) is 0.904. The Labute approximate surface area is 170 Å². The van der Waals surface area contributed by atoms with Gasteiger partial charge in [-0.2, -0.15) is 0 Å². The third-order valence-electron chi connectivity index (χ3n) is 4.78. The van der Waals surface area contributed by atoms with Crippen molar-refractivity contribution in [2.24, 2.45) is 5.92 Å². The van der Waals surface area contributed by atoms with Crippen LogP contribution in [0.5, 0.6) is 0 Å². The van der Waals surface area contributed by atoms with Crippen molar-refractivity contribution >= 4 is 23.6 Å². The molecule has 2 unspecified atom stereocenters. The number of carbonyl (C=O) groups is 2. The lowest BCUT2D eigenvalue weighted by Crippen LogP contribution is -2.49. The standard InChI is InChI=1S/C22H27N3O2S/c1-15(2)11-20-25(22(27)18-6-4-5-16(3)12-18)19(14-28-20)21(26)24-13-17-7-9-23-10-8-17/h4-10,12,15,19-20H,11,13-14H2,1-3H3,(H,24,26). The van der Waals surface area contributed by atoms with Gasteiger partial charge < -0.3 is 10.2 Å². The van der Waals surface area contributed by atoms with E-state index >= 15 is 0 Å². The Balaban J connectivity index is 1.78. The zero-order valence-electron chi connectivity index (χ0n) is 16.6. The van der Waals surface area contributed by atoms with E-state index in [2.05, 4.69) is 24.1 Å². The predicted molar refractivity (Wildman–Crippen MR) is 113 cm³/mol. The van der Waals surface area contributed by atoms with Crippen LogP contribution in [0.25, 0.3) is 0 Å². The first-order chi connectivity index (χ1) is 13.5. The number of nitrogens with one attached hydrogen (secondary N) is 1. The monoisotopic (exact) mass is 397 g/mol. The number of hydrogen-bond donors (Lipinski definition) is 1. The molecular formula is C22H27N3O2S. The van der Waals surface area contributed by atoms with E-state index in [1.807, 2.05) is 43.3 Å². The maximum Gasteiger partial charge on any atom is 0.255 e. The summed E-state index contributed by atoms with van der Waals surface area (Å²) >= 11 is 1.70. The highest BCUT2D eigenvalue weighted by molar-refractivity contribution is 8.00. The quantitative estimate of drug-likeness (QED) is 0.808. The van der Waals surface area contributed by atoms with E-state index in [1.165, 1.54) is 0 Å². The van der Waals surface area contributed by atoms with E-state index in [9.17, 15) is 9.59 Å². The van der Waals surface area contributed by atoms with Crippen LogP contribution < -0.4 is 5.32 Å². The van der Waals surface area contributed by atoms with E-state index in [0.717, 1.165) is 17.5 Å². The van der Waals surface area contributed by atoms with Crippen LogP contribution in [-0.2, 0) is 11.3 Å². The minimum absolute atomic E-state index is 0.0182. The number of carbonyl (C=O) groups excluding carboxylic acids is 2. The molecule has 1 N–H and O–H groups in total. The van der Waals surface area contributed by atoms with Gasteiger partial charge in [0.1, 0.15) is 6.04 Å². The molecule has 1 aliphatic rings. The van der Waals surface area contributed by atoms with Crippen LogP contribution in [0.3, 0.4) is 0 Å². The minimum atomic E-state index is -0.455. The maximum atomic E-state index is 13.3. The van der Waals surface area contributed by atoms with Crippen LogP contribution >= 0.6 is 11.8 Å². The van der Waals surface area contributed by atoms with Crippen molar-refractivity contribution in [3.05, 3.63) is 65.5 Å². The zero-order valence-corrected chi connectivity index (χ0v) is 17.4. The minimum Gasteiger partial charge on any atom is -0.350 e. The Morgan fingerprint density at radius 3 is 2.68 bits per heavy atom. The van der Waals surface area contributed by atoms with Gasteiger partial charge in [0.05, 0.1) is 5.37 Å². The molecule has 2 atom stereocenters. The van der Waals surface area contributed by atoms with Crippen LogP contribution in [0.2, 0.25) is 0 Å². The number of thioether (sulfide) groups is 1. The number of aromatic nitrogens is 1. The maximum absolute atomic E-state index is 13.3. The van der Waals surface area contributed by atoms with Crippen molar-refractivity contribution in [3.63, 3.8) is 0 Å². The normalized spacial score (nSPS) is 19.1. The molecule has 2 heterocycles. The molecule has 1 aromatic heterocycles. The van der Waals surface area contributed by atoms with E-state index in [-0.39, 0.29) is 17.2 Å². The third-order valence-corrected chi connectivity index (χ3v) is 6.10. The summed E-state index contributed by atoms with van der Waals surface area (Å²) in [4.78, 5) is 32.0. The number of aryl methyl sites for hydroxylation is 1. The number of rotatable bonds is 6. The molecule has 1 aliphatic heterocycles. The molecule has 28 heavy (non-hydrogen) atoms. The van der Waals surface area contributed by atoms with Crippen molar-refractivity contribution in [3.8, 4) is 0 Å². The fraction of sp³-hybridized carbons (Fsp3) is 0.409. The lowest BCUT2D eigenvalue weighted by atomic mass is 10.1. The van der Waals surface area contributed by atoms with Gasteiger partial charge >= 0.3 is 0 Å². The van der Waals surface area contributed by atoms with Crippen LogP contribution in [0, 0.1) is 12.8 Å². The summed E-state index contributed by atoms with van der Waals surface area (Å²) in [6.45, 7) is 6.70. The van der Waals surface area contributed by atoms with Gasteiger partial charge in [0.2, 0.25) is 5.91 Å². The first kappa shape index (κ1) is 20.4. The molecule has 5 nitrogen and oxygen atoms in total. The summed E-state index contributed by atoms with van der Waals surface area (Å²) in [7, 11) is 0. The molecule has 148 valence electrons. The van der Waals surface area contributed by atoms with E-state index in [1.54, 1.807) is 29.1 Å². The van der Waals surface area contributed by atoms with Gasteiger partial charge in [-0.3, -0.25) is 14.6 Å². The third kappa shape index (κ3) is 4.93. The Hall–Kier alpha value is -2.34. The topological polar surface area (TPSA) is 62.3 Å². The molecule has 1 aromatic carbocycles. The Bertz CT molecular complexity index is 826. The highest BCUT2D eigenvalue weighted by Gasteiger charge is 2.41. The molecule has 0 bridgehead atoms. The second-order valence-corrected chi connectivity index (χ2v) is 8.80. The highest BCUT2D eigenvalue weighted by Crippen LogP contribution is 2.34. The van der Waals surface area contributed by atoms with E-state index < -0.39 is 6.04 Å². The average Bonchev–Trinajstić information content (AvgIpc) is 3.09. The number of benzene rings is 1. The molecule has 0 saturated carbocycles. The lowest BCUT2D eigenvalue weighted by molar-refractivity contribution is -0.125. The molecule has 0 radical (unpaired) electrons. The molecule has 2 amide bonds. The van der Waals surface area contributed by atoms with Crippen LogP contribution in [0.15, 0.2) is 48.8 Å². The van der Waals surface area contributed by atoms with Gasteiger partial charge in [-0.1, -0.05) is 31.5 Å². The van der Waals surface area contributed by atoms with Gasteiger partial charge in [-0.15, -0.1) is 11.8 Å². The summed E-state index contributed by atoms with van der Waals surface area (Å²) in [6.07, 6.45) is 4.29. The number of amides is 2. The molecule has 3 rings (SSSR count). The molecule has 1 fully saturated rings. The summed E-state index contributed by atoms with van der Waals surface area (Å²) in [5, 5.41) is 3.01. The van der Waals surface area contributed by atoms with Gasteiger partial charge in [0.25, 0.3) is 5.91 Å². The zero-order chi connectivity index (χ0) is 20.1.